The largest absolute Gasteiger partial charge is 0.464 e. The number of nitrogens with one attached hydrogen (secondary N) is 1. The summed E-state index contributed by atoms with van der Waals surface area (Å²) in [4.78, 5) is 12.1. The van der Waals surface area contributed by atoms with Crippen molar-refractivity contribution in [1.29, 1.82) is 0 Å². The molecule has 1 fully saturated rings. The Labute approximate surface area is 147 Å². The molecule has 2 aromatic rings. The van der Waals surface area contributed by atoms with Crippen LogP contribution in [0.1, 0.15) is 43.2 Å². The van der Waals surface area contributed by atoms with Crippen LogP contribution in [0.15, 0.2) is 22.8 Å². The Balaban J connectivity index is 1.44. The van der Waals surface area contributed by atoms with Crippen molar-refractivity contribution in [2.45, 2.75) is 51.6 Å². The summed E-state index contributed by atoms with van der Waals surface area (Å²) >= 11 is 6.17. The van der Waals surface area contributed by atoms with Gasteiger partial charge in [-0.3, -0.25) is 4.79 Å². The number of benzene rings is 1. The maximum Gasteiger partial charge on any atom is 0.224 e. The minimum atomic E-state index is -0.00439. The second kappa shape index (κ2) is 8.04. The van der Waals surface area contributed by atoms with Crippen LogP contribution in [0.5, 0.6) is 0 Å². The number of fused-ring (bicyclic) bond motifs is 1. The van der Waals surface area contributed by atoms with Gasteiger partial charge in [0.25, 0.3) is 0 Å². The molecular formula is C19H24ClNO3. The first-order valence-corrected chi connectivity index (χ1v) is 9.06. The number of furan rings is 1. The fourth-order valence-electron chi connectivity index (χ4n) is 3.18. The van der Waals surface area contributed by atoms with E-state index in [4.69, 9.17) is 20.8 Å². The summed E-state index contributed by atoms with van der Waals surface area (Å²) < 4.78 is 11.3. The third-order valence-corrected chi connectivity index (χ3v) is 4.99. The summed E-state index contributed by atoms with van der Waals surface area (Å²) in [5.74, 6) is -0.00439. The highest BCUT2D eigenvalue weighted by Gasteiger charge is 2.15. The van der Waals surface area contributed by atoms with Crippen LogP contribution >= 0.6 is 11.6 Å². The highest BCUT2D eigenvalue weighted by Crippen LogP contribution is 2.28. The average molecular weight is 350 g/mol. The maximum absolute atomic E-state index is 12.1. The predicted octanol–water partition coefficient (Wildman–Crippen LogP) is 4.40. The molecule has 5 heteroatoms. The van der Waals surface area contributed by atoms with E-state index < -0.39 is 0 Å². The number of halogens is 1. The SMILES string of the molecule is Cc1cc2occ(CC(=O)NCCCOC3CCCC3)c2cc1Cl. The molecule has 3 rings (SSSR count). The molecule has 1 N–H and O–H groups in total. The zero-order valence-corrected chi connectivity index (χ0v) is 14.8. The van der Waals surface area contributed by atoms with E-state index in [1.807, 2.05) is 19.1 Å². The van der Waals surface area contributed by atoms with Gasteiger partial charge in [-0.1, -0.05) is 24.4 Å². The van der Waals surface area contributed by atoms with Crippen LogP contribution in [0.3, 0.4) is 0 Å². The van der Waals surface area contributed by atoms with E-state index in [1.165, 1.54) is 25.7 Å². The van der Waals surface area contributed by atoms with Crippen LogP contribution in [0.4, 0.5) is 0 Å². The second-order valence-corrected chi connectivity index (χ2v) is 6.92. The Morgan fingerprint density at radius 2 is 2.17 bits per heavy atom. The fourth-order valence-corrected chi connectivity index (χ4v) is 3.34. The molecule has 4 nitrogen and oxygen atoms in total. The number of ether oxygens (including phenoxy) is 1. The van der Waals surface area contributed by atoms with Gasteiger partial charge < -0.3 is 14.5 Å². The van der Waals surface area contributed by atoms with Crippen molar-refractivity contribution < 1.29 is 13.9 Å². The number of carbonyl (C=O) groups is 1. The number of carbonyl (C=O) groups excluding carboxylic acids is 1. The van der Waals surface area contributed by atoms with Gasteiger partial charge in [0.05, 0.1) is 18.8 Å². The van der Waals surface area contributed by atoms with E-state index in [0.29, 0.717) is 30.7 Å². The lowest BCUT2D eigenvalue weighted by Crippen LogP contribution is -2.27. The first-order valence-electron chi connectivity index (χ1n) is 8.68. The molecule has 0 aliphatic heterocycles. The Morgan fingerprint density at radius 3 is 2.96 bits per heavy atom. The van der Waals surface area contributed by atoms with E-state index in [0.717, 1.165) is 28.5 Å². The third-order valence-electron chi connectivity index (χ3n) is 4.58. The molecule has 0 radical (unpaired) electrons. The number of aryl methyl sites for hydroxylation is 1. The molecule has 24 heavy (non-hydrogen) atoms. The van der Waals surface area contributed by atoms with Crippen molar-refractivity contribution in [1.82, 2.24) is 5.32 Å². The van der Waals surface area contributed by atoms with E-state index in [9.17, 15) is 4.79 Å². The van der Waals surface area contributed by atoms with Gasteiger partial charge in [-0.15, -0.1) is 0 Å². The van der Waals surface area contributed by atoms with Crippen molar-refractivity contribution in [2.24, 2.45) is 0 Å². The highest BCUT2D eigenvalue weighted by atomic mass is 35.5. The predicted molar refractivity (Wildman–Crippen MR) is 95.5 cm³/mol. The van der Waals surface area contributed by atoms with Crippen molar-refractivity contribution in [3.05, 3.63) is 34.5 Å². The van der Waals surface area contributed by atoms with Gasteiger partial charge in [0.2, 0.25) is 5.91 Å². The lowest BCUT2D eigenvalue weighted by atomic mass is 10.1. The summed E-state index contributed by atoms with van der Waals surface area (Å²) in [5.41, 5.74) is 2.60. The Kier molecular flexibility index (Phi) is 5.80. The number of amides is 1. The molecule has 0 atom stereocenters. The number of hydrogen-bond donors (Lipinski definition) is 1. The monoisotopic (exact) mass is 349 g/mol. The molecular weight excluding hydrogens is 326 g/mol. The van der Waals surface area contributed by atoms with Gasteiger partial charge in [0.15, 0.2) is 0 Å². The first kappa shape index (κ1) is 17.3. The van der Waals surface area contributed by atoms with Crippen molar-refractivity contribution in [2.75, 3.05) is 13.2 Å². The molecule has 1 aliphatic rings. The van der Waals surface area contributed by atoms with Crippen LogP contribution in [-0.2, 0) is 16.0 Å². The number of rotatable bonds is 7. The molecule has 0 saturated heterocycles. The molecule has 0 bridgehead atoms. The van der Waals surface area contributed by atoms with Gasteiger partial charge in [-0.2, -0.15) is 0 Å². The minimum Gasteiger partial charge on any atom is -0.464 e. The first-order chi connectivity index (χ1) is 11.6. The molecule has 0 spiro atoms. The van der Waals surface area contributed by atoms with Crippen molar-refractivity contribution in [3.63, 3.8) is 0 Å². The van der Waals surface area contributed by atoms with E-state index >= 15 is 0 Å². The van der Waals surface area contributed by atoms with Gasteiger partial charge in [0.1, 0.15) is 5.58 Å². The van der Waals surface area contributed by atoms with Gasteiger partial charge in [0, 0.05) is 29.1 Å². The topological polar surface area (TPSA) is 51.5 Å². The van der Waals surface area contributed by atoms with E-state index in [1.54, 1.807) is 6.26 Å². The lowest BCUT2D eigenvalue weighted by Gasteiger charge is -2.11. The molecule has 0 unspecified atom stereocenters. The maximum atomic E-state index is 12.1. The lowest BCUT2D eigenvalue weighted by molar-refractivity contribution is -0.120. The zero-order valence-electron chi connectivity index (χ0n) is 14.1. The highest BCUT2D eigenvalue weighted by molar-refractivity contribution is 6.32. The molecule has 130 valence electrons. The standard InChI is InChI=1S/C19H24ClNO3/c1-13-9-18-16(11-17(13)20)14(12-24-18)10-19(22)21-7-4-8-23-15-5-2-3-6-15/h9,11-12,15H,2-8,10H2,1H3,(H,21,22). The van der Waals surface area contributed by atoms with Crippen LogP contribution in [0.25, 0.3) is 11.0 Å². The summed E-state index contributed by atoms with van der Waals surface area (Å²) in [5, 5.41) is 4.54. The summed E-state index contributed by atoms with van der Waals surface area (Å²) in [6.45, 7) is 3.29. The van der Waals surface area contributed by atoms with Crippen molar-refractivity contribution in [3.8, 4) is 0 Å². The van der Waals surface area contributed by atoms with Gasteiger partial charge >= 0.3 is 0 Å². The quantitative estimate of drug-likeness (QED) is 0.753. The Morgan fingerprint density at radius 1 is 1.38 bits per heavy atom. The molecule has 1 amide bonds. The molecule has 1 aromatic heterocycles. The van der Waals surface area contributed by atoms with Gasteiger partial charge in [-0.25, -0.2) is 0 Å². The van der Waals surface area contributed by atoms with Crippen molar-refractivity contribution >= 4 is 28.5 Å². The zero-order chi connectivity index (χ0) is 16.9. The normalized spacial score (nSPS) is 15.2. The molecule has 1 saturated carbocycles. The summed E-state index contributed by atoms with van der Waals surface area (Å²) in [7, 11) is 0. The van der Waals surface area contributed by atoms with Crippen LogP contribution in [-0.4, -0.2) is 25.2 Å². The molecule has 1 heterocycles. The van der Waals surface area contributed by atoms with E-state index in [-0.39, 0.29) is 5.91 Å². The Bertz CT molecular complexity index is 704. The van der Waals surface area contributed by atoms with E-state index in [2.05, 4.69) is 5.32 Å². The molecule has 1 aliphatic carbocycles. The van der Waals surface area contributed by atoms with Gasteiger partial charge in [-0.05, 0) is 43.9 Å². The second-order valence-electron chi connectivity index (χ2n) is 6.52. The average Bonchev–Trinajstić information content (AvgIpc) is 3.19. The smallest absolute Gasteiger partial charge is 0.224 e. The Hall–Kier alpha value is -1.52. The van der Waals surface area contributed by atoms with Crippen LogP contribution < -0.4 is 5.32 Å². The summed E-state index contributed by atoms with van der Waals surface area (Å²) in [6, 6.07) is 3.77. The minimum absolute atomic E-state index is 0.00439. The fraction of sp³-hybridized carbons (Fsp3) is 0.526. The van der Waals surface area contributed by atoms with Crippen LogP contribution in [0.2, 0.25) is 5.02 Å². The number of hydrogen-bond acceptors (Lipinski definition) is 3. The molecule has 1 aromatic carbocycles. The van der Waals surface area contributed by atoms with Crippen LogP contribution in [0, 0.1) is 6.92 Å². The summed E-state index contributed by atoms with van der Waals surface area (Å²) in [6.07, 6.45) is 8.15. The third kappa shape index (κ3) is 4.31.